The standard InChI is InChI=1S/C37H51N7O6S/c1-9-38-36(48)32(24(2)3)42-33(45)25(4)40-23-30(22-29-17-13-14-18-39-29)41-34(46)26-19-27(21-31(20-26)44(7)51(8,49)50)35(47)43-37(5,6)28-15-11-10-12-16-28/h10-21,24-25,30,32,40H,9,22-23H2,1-8H3,(H,38,48)(H,41,46)(H,42,45)(H,43,47)/t25-,30-,32-/m0/s1. The molecule has 276 valence electrons. The second-order valence-electron chi connectivity index (χ2n) is 13.4. The number of hydrogen-bond donors (Lipinski definition) is 5. The maximum atomic E-state index is 13.9. The van der Waals surface area contributed by atoms with Gasteiger partial charge in [0.1, 0.15) is 6.04 Å². The number of benzene rings is 2. The lowest BCUT2D eigenvalue weighted by Crippen LogP contribution is -2.55. The normalized spacial score (nSPS) is 13.4. The minimum Gasteiger partial charge on any atom is -0.355 e. The van der Waals surface area contributed by atoms with Gasteiger partial charge in [0.25, 0.3) is 11.8 Å². The third-order valence-electron chi connectivity index (χ3n) is 8.40. The van der Waals surface area contributed by atoms with Crippen LogP contribution in [0.4, 0.5) is 5.69 Å². The third-order valence-corrected chi connectivity index (χ3v) is 9.61. The molecule has 51 heavy (non-hydrogen) atoms. The average Bonchev–Trinajstić information content (AvgIpc) is 3.08. The summed E-state index contributed by atoms with van der Waals surface area (Å²) in [6.45, 7) is 11.4. The van der Waals surface area contributed by atoms with Crippen molar-refractivity contribution in [3.8, 4) is 0 Å². The van der Waals surface area contributed by atoms with E-state index < -0.39 is 45.5 Å². The highest BCUT2D eigenvalue weighted by Crippen LogP contribution is 2.24. The average molecular weight is 722 g/mol. The van der Waals surface area contributed by atoms with Crippen molar-refractivity contribution in [1.82, 2.24) is 31.6 Å². The van der Waals surface area contributed by atoms with E-state index in [1.165, 1.54) is 25.2 Å². The summed E-state index contributed by atoms with van der Waals surface area (Å²) < 4.78 is 26.0. The Labute approximate surface area is 301 Å². The highest BCUT2D eigenvalue weighted by atomic mass is 32.2. The number of anilines is 1. The number of aromatic nitrogens is 1. The van der Waals surface area contributed by atoms with Gasteiger partial charge in [-0.3, -0.25) is 28.5 Å². The first-order valence-corrected chi connectivity index (χ1v) is 18.8. The van der Waals surface area contributed by atoms with E-state index in [4.69, 9.17) is 0 Å². The molecular weight excluding hydrogens is 671 g/mol. The summed E-state index contributed by atoms with van der Waals surface area (Å²) in [4.78, 5) is 57.6. The van der Waals surface area contributed by atoms with Crippen LogP contribution in [0.15, 0.2) is 72.9 Å². The predicted molar refractivity (Wildman–Crippen MR) is 199 cm³/mol. The monoisotopic (exact) mass is 721 g/mol. The molecule has 0 fully saturated rings. The van der Waals surface area contributed by atoms with Gasteiger partial charge in [-0.1, -0.05) is 50.2 Å². The molecule has 0 bridgehead atoms. The van der Waals surface area contributed by atoms with E-state index in [1.807, 2.05) is 70.2 Å². The van der Waals surface area contributed by atoms with E-state index in [0.717, 1.165) is 16.1 Å². The molecule has 1 heterocycles. The van der Waals surface area contributed by atoms with Crippen LogP contribution >= 0.6 is 0 Å². The summed E-state index contributed by atoms with van der Waals surface area (Å²) in [7, 11) is -2.40. The second kappa shape index (κ2) is 17.9. The Morgan fingerprint density at radius 2 is 1.49 bits per heavy atom. The topological polar surface area (TPSA) is 179 Å². The fourth-order valence-corrected chi connectivity index (χ4v) is 5.74. The number of pyridine rings is 1. The van der Waals surface area contributed by atoms with Gasteiger partial charge in [-0.15, -0.1) is 0 Å². The Hall–Kier alpha value is -4.82. The molecule has 14 heteroatoms. The van der Waals surface area contributed by atoms with Crippen LogP contribution in [0.3, 0.4) is 0 Å². The van der Waals surface area contributed by atoms with Crippen molar-refractivity contribution in [3.05, 3.63) is 95.3 Å². The molecule has 3 aromatic rings. The summed E-state index contributed by atoms with van der Waals surface area (Å²) in [6.07, 6.45) is 2.96. The van der Waals surface area contributed by atoms with E-state index in [2.05, 4.69) is 31.6 Å². The van der Waals surface area contributed by atoms with Gasteiger partial charge in [0.2, 0.25) is 21.8 Å². The second-order valence-corrected chi connectivity index (χ2v) is 15.4. The molecule has 0 saturated carbocycles. The van der Waals surface area contributed by atoms with E-state index >= 15 is 0 Å². The molecule has 1 aromatic heterocycles. The number of sulfonamides is 1. The van der Waals surface area contributed by atoms with Crippen molar-refractivity contribution in [2.45, 2.75) is 71.6 Å². The molecule has 4 amide bonds. The summed E-state index contributed by atoms with van der Waals surface area (Å²) in [5.41, 5.74) is 1.04. The van der Waals surface area contributed by atoms with Crippen molar-refractivity contribution in [2.24, 2.45) is 5.92 Å². The van der Waals surface area contributed by atoms with Gasteiger partial charge >= 0.3 is 0 Å². The van der Waals surface area contributed by atoms with Gasteiger partial charge in [-0.25, -0.2) is 8.42 Å². The number of likely N-dealkylation sites (N-methyl/N-ethyl adjacent to an activating group) is 1. The first kappa shape index (κ1) is 40.6. The van der Waals surface area contributed by atoms with Gasteiger partial charge in [-0.05, 0) is 69.5 Å². The Balaban J connectivity index is 1.89. The number of nitrogens with one attached hydrogen (secondary N) is 5. The van der Waals surface area contributed by atoms with Crippen molar-refractivity contribution in [2.75, 3.05) is 30.7 Å². The van der Waals surface area contributed by atoms with Crippen LogP contribution in [0, 0.1) is 5.92 Å². The predicted octanol–water partition coefficient (Wildman–Crippen LogP) is 2.74. The van der Waals surface area contributed by atoms with Crippen molar-refractivity contribution >= 4 is 39.3 Å². The quantitative estimate of drug-likeness (QED) is 0.141. The fraction of sp³-hybridized carbons (Fsp3) is 0.432. The molecular formula is C37H51N7O6S. The molecule has 0 radical (unpaired) electrons. The van der Waals surface area contributed by atoms with Gasteiger partial charge < -0.3 is 26.6 Å². The zero-order chi connectivity index (χ0) is 37.9. The molecule has 0 unspecified atom stereocenters. The Morgan fingerprint density at radius 1 is 0.863 bits per heavy atom. The summed E-state index contributed by atoms with van der Waals surface area (Å²) in [6, 6.07) is 17.0. The summed E-state index contributed by atoms with van der Waals surface area (Å²) in [5.74, 6) is -1.86. The molecule has 0 saturated heterocycles. The van der Waals surface area contributed by atoms with Crippen LogP contribution in [0.1, 0.15) is 73.5 Å². The van der Waals surface area contributed by atoms with E-state index in [9.17, 15) is 27.6 Å². The first-order chi connectivity index (χ1) is 23.9. The van der Waals surface area contributed by atoms with Crippen molar-refractivity contribution in [1.29, 1.82) is 0 Å². The number of nitrogens with zero attached hydrogens (tertiary/aromatic N) is 2. The molecule has 3 atom stereocenters. The number of rotatable bonds is 17. The Morgan fingerprint density at radius 3 is 2.06 bits per heavy atom. The summed E-state index contributed by atoms with van der Waals surface area (Å²) in [5, 5.41) is 14.7. The van der Waals surface area contributed by atoms with Crippen molar-refractivity contribution in [3.63, 3.8) is 0 Å². The lowest BCUT2D eigenvalue weighted by atomic mass is 9.93. The highest BCUT2D eigenvalue weighted by Gasteiger charge is 2.28. The zero-order valence-corrected chi connectivity index (χ0v) is 31.4. The third kappa shape index (κ3) is 11.9. The smallest absolute Gasteiger partial charge is 0.252 e. The highest BCUT2D eigenvalue weighted by molar-refractivity contribution is 7.92. The molecule has 2 aromatic carbocycles. The van der Waals surface area contributed by atoms with Crippen LogP contribution in [0.2, 0.25) is 0 Å². The Kier molecular flexibility index (Phi) is 14.3. The van der Waals surface area contributed by atoms with E-state index in [-0.39, 0.29) is 41.1 Å². The minimum atomic E-state index is -3.74. The lowest BCUT2D eigenvalue weighted by molar-refractivity contribution is -0.130. The van der Waals surface area contributed by atoms with Gasteiger partial charge in [0.05, 0.1) is 23.5 Å². The SMILES string of the molecule is CCNC(=O)[C@@H](NC(=O)[C@H](C)NC[C@H](Cc1ccccn1)NC(=O)c1cc(C(=O)NC(C)(C)c2ccccc2)cc(N(C)S(C)(=O)=O)c1)C(C)C. The number of carbonyl (C=O) groups excluding carboxylic acids is 4. The molecule has 0 spiro atoms. The van der Waals surface area contributed by atoms with Crippen LogP contribution in [-0.2, 0) is 31.6 Å². The maximum Gasteiger partial charge on any atom is 0.252 e. The zero-order valence-electron chi connectivity index (χ0n) is 30.6. The lowest BCUT2D eigenvalue weighted by Gasteiger charge is -2.27. The number of carbonyl (C=O) groups is 4. The molecule has 13 nitrogen and oxygen atoms in total. The number of hydrogen-bond acceptors (Lipinski definition) is 8. The fourth-order valence-electron chi connectivity index (χ4n) is 5.25. The number of amides is 4. The molecule has 3 rings (SSSR count). The van der Waals surface area contributed by atoms with Crippen molar-refractivity contribution < 1.29 is 27.6 Å². The Bertz CT molecular complexity index is 1770. The maximum absolute atomic E-state index is 13.9. The minimum absolute atomic E-state index is 0.0594. The van der Waals surface area contributed by atoms with Crippen LogP contribution in [-0.4, -0.2) is 81.5 Å². The summed E-state index contributed by atoms with van der Waals surface area (Å²) >= 11 is 0. The van der Waals surface area contributed by atoms with Crippen LogP contribution < -0.4 is 30.9 Å². The van der Waals surface area contributed by atoms with Crippen LogP contribution in [0.25, 0.3) is 0 Å². The molecule has 0 aliphatic rings. The van der Waals surface area contributed by atoms with Crippen LogP contribution in [0.5, 0.6) is 0 Å². The largest absolute Gasteiger partial charge is 0.355 e. The van der Waals surface area contributed by atoms with E-state index in [0.29, 0.717) is 18.7 Å². The van der Waals surface area contributed by atoms with Gasteiger partial charge in [-0.2, -0.15) is 0 Å². The molecule has 0 aliphatic heterocycles. The van der Waals surface area contributed by atoms with Gasteiger partial charge in [0.15, 0.2) is 0 Å². The first-order valence-electron chi connectivity index (χ1n) is 16.9. The van der Waals surface area contributed by atoms with Gasteiger partial charge in [0, 0.05) is 55.6 Å². The molecule has 5 N–H and O–H groups in total. The molecule has 0 aliphatic carbocycles. The van der Waals surface area contributed by atoms with E-state index in [1.54, 1.807) is 26.1 Å².